The zero-order valence-corrected chi connectivity index (χ0v) is 13.8. The zero-order chi connectivity index (χ0) is 15.7. The van der Waals surface area contributed by atoms with Crippen LogP contribution in [-0.2, 0) is 0 Å². The summed E-state index contributed by atoms with van der Waals surface area (Å²) in [6.07, 6.45) is 2.92. The van der Waals surface area contributed by atoms with Gasteiger partial charge in [0.25, 0.3) is 0 Å². The molecule has 3 nitrogen and oxygen atoms in total. The second-order valence-corrected chi connectivity index (χ2v) is 6.12. The van der Waals surface area contributed by atoms with Gasteiger partial charge >= 0.3 is 0 Å². The van der Waals surface area contributed by atoms with Crippen LogP contribution < -0.4 is 10.1 Å². The minimum Gasteiger partial charge on any atom is -0.493 e. The highest BCUT2D eigenvalue weighted by Crippen LogP contribution is 2.25. The lowest BCUT2D eigenvalue weighted by Crippen LogP contribution is -2.18. The topological polar surface area (TPSA) is 45.0 Å². The molecular weight excluding hydrogens is 260 g/mol. The van der Waals surface area contributed by atoms with E-state index < -0.39 is 0 Å². The maximum atomic E-state index is 8.99. The molecular formula is C18H28N2O. The Hall–Kier alpha value is -1.53. The molecule has 1 aromatic carbocycles. The maximum absolute atomic E-state index is 8.99. The van der Waals surface area contributed by atoms with E-state index in [1.54, 1.807) is 0 Å². The van der Waals surface area contributed by atoms with Gasteiger partial charge in [0.15, 0.2) is 0 Å². The molecule has 1 rings (SSSR count). The van der Waals surface area contributed by atoms with Crippen LogP contribution >= 0.6 is 0 Å². The third-order valence-electron chi connectivity index (χ3n) is 3.65. The molecule has 0 heterocycles. The SMILES string of the molecule is CCNC(C)c1ccccc1OCCCCC(C)(C)C#N. The Morgan fingerprint density at radius 1 is 1.29 bits per heavy atom. The van der Waals surface area contributed by atoms with Crippen LogP contribution in [0.4, 0.5) is 0 Å². The van der Waals surface area contributed by atoms with Gasteiger partial charge in [0.2, 0.25) is 0 Å². The van der Waals surface area contributed by atoms with E-state index in [1.165, 1.54) is 5.56 Å². The van der Waals surface area contributed by atoms with Crippen LogP contribution in [0.2, 0.25) is 0 Å². The quantitative estimate of drug-likeness (QED) is 0.682. The summed E-state index contributed by atoms with van der Waals surface area (Å²) >= 11 is 0. The van der Waals surface area contributed by atoms with Gasteiger partial charge < -0.3 is 10.1 Å². The van der Waals surface area contributed by atoms with Gasteiger partial charge in [-0.15, -0.1) is 0 Å². The van der Waals surface area contributed by atoms with Crippen molar-refractivity contribution in [3.05, 3.63) is 29.8 Å². The van der Waals surface area contributed by atoms with Crippen molar-refractivity contribution in [2.24, 2.45) is 5.41 Å². The molecule has 1 aromatic rings. The fourth-order valence-electron chi connectivity index (χ4n) is 2.29. The monoisotopic (exact) mass is 288 g/mol. The second-order valence-electron chi connectivity index (χ2n) is 6.12. The van der Waals surface area contributed by atoms with Crippen LogP contribution in [0.5, 0.6) is 5.75 Å². The molecule has 0 aliphatic rings. The molecule has 1 N–H and O–H groups in total. The van der Waals surface area contributed by atoms with Gasteiger partial charge in [0, 0.05) is 11.6 Å². The average Bonchev–Trinajstić information content (AvgIpc) is 2.47. The molecule has 0 fully saturated rings. The molecule has 0 radical (unpaired) electrons. The lowest BCUT2D eigenvalue weighted by atomic mass is 9.89. The minimum atomic E-state index is -0.225. The van der Waals surface area contributed by atoms with Crippen molar-refractivity contribution < 1.29 is 4.74 Å². The predicted molar refractivity (Wildman–Crippen MR) is 87.3 cm³/mol. The molecule has 0 saturated carbocycles. The molecule has 0 saturated heterocycles. The van der Waals surface area contributed by atoms with Gasteiger partial charge in [-0.25, -0.2) is 0 Å². The second kappa shape index (κ2) is 8.69. The van der Waals surface area contributed by atoms with Crippen molar-refractivity contribution in [2.75, 3.05) is 13.2 Å². The number of nitrogens with zero attached hydrogens (tertiary/aromatic N) is 1. The van der Waals surface area contributed by atoms with E-state index >= 15 is 0 Å². The fourth-order valence-corrected chi connectivity index (χ4v) is 2.29. The molecule has 1 atom stereocenters. The molecule has 1 unspecified atom stereocenters. The van der Waals surface area contributed by atoms with E-state index in [1.807, 2.05) is 32.0 Å². The summed E-state index contributed by atoms with van der Waals surface area (Å²) in [5.41, 5.74) is 0.981. The van der Waals surface area contributed by atoms with Crippen molar-refractivity contribution in [3.63, 3.8) is 0 Å². The molecule has 0 aromatic heterocycles. The van der Waals surface area contributed by atoms with Gasteiger partial charge in [0.05, 0.1) is 18.1 Å². The van der Waals surface area contributed by atoms with Gasteiger partial charge in [-0.3, -0.25) is 0 Å². The number of benzene rings is 1. The van der Waals surface area contributed by atoms with Crippen LogP contribution in [0.15, 0.2) is 24.3 Å². The number of hydrogen-bond acceptors (Lipinski definition) is 3. The third-order valence-corrected chi connectivity index (χ3v) is 3.65. The molecule has 0 bridgehead atoms. The molecule has 21 heavy (non-hydrogen) atoms. The first-order chi connectivity index (χ1) is 10.00. The molecule has 0 aliphatic carbocycles. The highest BCUT2D eigenvalue weighted by molar-refractivity contribution is 5.35. The van der Waals surface area contributed by atoms with E-state index in [0.29, 0.717) is 12.6 Å². The van der Waals surface area contributed by atoms with E-state index in [4.69, 9.17) is 10.00 Å². The minimum absolute atomic E-state index is 0.225. The molecule has 3 heteroatoms. The van der Waals surface area contributed by atoms with Crippen LogP contribution in [0, 0.1) is 16.7 Å². The Balaban J connectivity index is 2.44. The summed E-state index contributed by atoms with van der Waals surface area (Å²) in [6.45, 7) is 9.89. The van der Waals surface area contributed by atoms with Crippen LogP contribution in [0.25, 0.3) is 0 Å². The van der Waals surface area contributed by atoms with Crippen molar-refractivity contribution in [3.8, 4) is 11.8 Å². The zero-order valence-electron chi connectivity index (χ0n) is 13.8. The summed E-state index contributed by atoms with van der Waals surface area (Å²) in [6, 6.07) is 10.8. The fraction of sp³-hybridized carbons (Fsp3) is 0.611. The Labute approximate surface area is 129 Å². The lowest BCUT2D eigenvalue weighted by molar-refractivity contribution is 0.290. The van der Waals surface area contributed by atoms with E-state index in [2.05, 4.69) is 31.3 Å². The number of rotatable bonds is 9. The molecule has 0 aliphatic heterocycles. The van der Waals surface area contributed by atoms with Crippen LogP contribution in [0.1, 0.15) is 58.6 Å². The summed E-state index contributed by atoms with van der Waals surface area (Å²) < 4.78 is 5.93. The Bertz CT molecular complexity index is 463. The first-order valence-corrected chi connectivity index (χ1v) is 7.86. The Kier molecular flexibility index (Phi) is 7.25. The summed E-state index contributed by atoms with van der Waals surface area (Å²) in [7, 11) is 0. The van der Waals surface area contributed by atoms with Gasteiger partial charge in [-0.1, -0.05) is 25.1 Å². The summed E-state index contributed by atoms with van der Waals surface area (Å²) in [5.74, 6) is 0.963. The predicted octanol–water partition coefficient (Wildman–Crippen LogP) is 4.46. The average molecular weight is 288 g/mol. The van der Waals surface area contributed by atoms with Gasteiger partial charge in [0.1, 0.15) is 5.75 Å². The lowest BCUT2D eigenvalue weighted by Gasteiger charge is -2.18. The van der Waals surface area contributed by atoms with Crippen molar-refractivity contribution in [1.29, 1.82) is 5.26 Å². The number of ether oxygens (including phenoxy) is 1. The first-order valence-electron chi connectivity index (χ1n) is 7.86. The smallest absolute Gasteiger partial charge is 0.124 e. The standard InChI is InChI=1S/C18H28N2O/c1-5-20-15(2)16-10-6-7-11-17(16)21-13-9-8-12-18(3,4)14-19/h6-7,10-11,15,20H,5,8-9,12-13H2,1-4H3. The first kappa shape index (κ1) is 17.5. The summed E-state index contributed by atoms with van der Waals surface area (Å²) in [5, 5.41) is 12.4. The highest BCUT2D eigenvalue weighted by atomic mass is 16.5. The van der Waals surface area contributed by atoms with E-state index in [-0.39, 0.29) is 5.41 Å². The normalized spacial score (nSPS) is 12.7. The Morgan fingerprint density at radius 3 is 2.67 bits per heavy atom. The van der Waals surface area contributed by atoms with E-state index in [9.17, 15) is 0 Å². The number of nitrogens with one attached hydrogen (secondary N) is 1. The van der Waals surface area contributed by atoms with Crippen LogP contribution in [0.3, 0.4) is 0 Å². The Morgan fingerprint density at radius 2 is 2.00 bits per heavy atom. The number of para-hydroxylation sites is 1. The molecule has 116 valence electrons. The van der Waals surface area contributed by atoms with Crippen molar-refractivity contribution in [2.45, 2.75) is 53.0 Å². The van der Waals surface area contributed by atoms with E-state index in [0.717, 1.165) is 31.6 Å². The maximum Gasteiger partial charge on any atom is 0.124 e. The van der Waals surface area contributed by atoms with Crippen LogP contribution in [-0.4, -0.2) is 13.2 Å². The third kappa shape index (κ3) is 6.18. The van der Waals surface area contributed by atoms with Gasteiger partial charge in [-0.05, 0) is 52.6 Å². The van der Waals surface area contributed by atoms with Crippen molar-refractivity contribution in [1.82, 2.24) is 5.32 Å². The molecule has 0 spiro atoms. The van der Waals surface area contributed by atoms with Gasteiger partial charge in [-0.2, -0.15) is 5.26 Å². The number of nitriles is 1. The number of hydrogen-bond donors (Lipinski definition) is 1. The number of unbranched alkanes of at least 4 members (excludes halogenated alkanes) is 1. The van der Waals surface area contributed by atoms with Crippen molar-refractivity contribution >= 4 is 0 Å². The molecule has 0 amide bonds. The summed E-state index contributed by atoms with van der Waals surface area (Å²) in [4.78, 5) is 0. The highest BCUT2D eigenvalue weighted by Gasteiger charge is 2.15. The largest absolute Gasteiger partial charge is 0.493 e.